The molecule has 1 heterocycles. The van der Waals surface area contributed by atoms with Gasteiger partial charge in [0.2, 0.25) is 0 Å². The Balaban J connectivity index is 1.77. The molecule has 3 rings (SSSR count). The van der Waals surface area contributed by atoms with Crippen LogP contribution in [0.1, 0.15) is 22.4 Å². The lowest BCUT2D eigenvalue weighted by molar-refractivity contribution is -0.118. The van der Waals surface area contributed by atoms with Gasteiger partial charge in [-0.2, -0.15) is 5.26 Å². The minimum absolute atomic E-state index is 0.161. The standard InChI is InChI=1S/C23H23N3O3/c1-16-17(2)26(14-18-7-5-4-6-8-18)23(21(16)13-24)25-22(27)15-29-20-11-9-19(28-3)10-12-20/h4-12H,14-15H2,1-3H3,(H,25,27). The lowest BCUT2D eigenvalue weighted by Crippen LogP contribution is -2.22. The zero-order valence-electron chi connectivity index (χ0n) is 16.7. The normalized spacial score (nSPS) is 10.3. The molecule has 0 aliphatic heterocycles. The van der Waals surface area contributed by atoms with Gasteiger partial charge in [0.05, 0.1) is 12.7 Å². The van der Waals surface area contributed by atoms with Crippen molar-refractivity contribution in [2.24, 2.45) is 0 Å². The molecular weight excluding hydrogens is 366 g/mol. The third-order valence-electron chi connectivity index (χ3n) is 4.81. The Labute approximate surface area is 170 Å². The summed E-state index contributed by atoms with van der Waals surface area (Å²) < 4.78 is 12.6. The van der Waals surface area contributed by atoms with Crippen molar-refractivity contribution in [1.82, 2.24) is 4.57 Å². The number of ether oxygens (including phenoxy) is 2. The molecule has 0 fully saturated rings. The number of rotatable bonds is 7. The third-order valence-corrected chi connectivity index (χ3v) is 4.81. The summed E-state index contributed by atoms with van der Waals surface area (Å²) in [7, 11) is 1.59. The lowest BCUT2D eigenvalue weighted by atomic mass is 10.2. The fourth-order valence-electron chi connectivity index (χ4n) is 3.08. The Kier molecular flexibility index (Phi) is 6.20. The summed E-state index contributed by atoms with van der Waals surface area (Å²) in [6.07, 6.45) is 0. The van der Waals surface area contributed by atoms with Crippen LogP contribution in [0.5, 0.6) is 11.5 Å². The predicted octanol–water partition coefficient (Wildman–Crippen LogP) is 4.05. The summed E-state index contributed by atoms with van der Waals surface area (Å²) >= 11 is 0. The molecule has 1 amide bonds. The number of aromatic nitrogens is 1. The highest BCUT2D eigenvalue weighted by Crippen LogP contribution is 2.27. The van der Waals surface area contributed by atoms with Crippen LogP contribution in [-0.4, -0.2) is 24.2 Å². The van der Waals surface area contributed by atoms with Crippen LogP contribution in [-0.2, 0) is 11.3 Å². The van der Waals surface area contributed by atoms with Crippen molar-refractivity contribution in [3.05, 3.63) is 77.0 Å². The molecule has 2 aromatic carbocycles. The van der Waals surface area contributed by atoms with E-state index in [-0.39, 0.29) is 12.5 Å². The van der Waals surface area contributed by atoms with E-state index in [1.807, 2.05) is 48.7 Å². The number of nitriles is 1. The molecule has 148 valence electrons. The zero-order valence-corrected chi connectivity index (χ0v) is 16.7. The predicted molar refractivity (Wildman–Crippen MR) is 111 cm³/mol. The summed E-state index contributed by atoms with van der Waals surface area (Å²) in [5.41, 5.74) is 3.35. The van der Waals surface area contributed by atoms with Crippen molar-refractivity contribution in [2.45, 2.75) is 20.4 Å². The quantitative estimate of drug-likeness (QED) is 0.661. The van der Waals surface area contributed by atoms with Crippen molar-refractivity contribution >= 4 is 11.7 Å². The van der Waals surface area contributed by atoms with Gasteiger partial charge in [-0.15, -0.1) is 0 Å². The van der Waals surface area contributed by atoms with Gasteiger partial charge in [0, 0.05) is 12.2 Å². The van der Waals surface area contributed by atoms with Crippen molar-refractivity contribution in [3.8, 4) is 17.6 Å². The highest BCUT2D eigenvalue weighted by atomic mass is 16.5. The first-order chi connectivity index (χ1) is 14.0. The van der Waals surface area contributed by atoms with Crippen LogP contribution in [0.2, 0.25) is 0 Å². The monoisotopic (exact) mass is 389 g/mol. The van der Waals surface area contributed by atoms with Crippen molar-refractivity contribution < 1.29 is 14.3 Å². The van der Waals surface area contributed by atoms with Gasteiger partial charge >= 0.3 is 0 Å². The maximum absolute atomic E-state index is 12.5. The van der Waals surface area contributed by atoms with E-state index >= 15 is 0 Å². The number of methoxy groups -OCH3 is 1. The van der Waals surface area contributed by atoms with Gasteiger partial charge in [-0.1, -0.05) is 30.3 Å². The number of carbonyl (C=O) groups is 1. The fraction of sp³-hybridized carbons (Fsp3) is 0.217. The number of amides is 1. The van der Waals surface area contributed by atoms with Gasteiger partial charge in [0.1, 0.15) is 23.4 Å². The molecule has 0 saturated carbocycles. The Morgan fingerprint density at radius 2 is 1.72 bits per heavy atom. The second-order valence-corrected chi connectivity index (χ2v) is 6.63. The molecule has 3 aromatic rings. The SMILES string of the molecule is COc1ccc(OCC(=O)Nc2c(C#N)c(C)c(C)n2Cc2ccccc2)cc1. The van der Waals surface area contributed by atoms with Crippen LogP contribution < -0.4 is 14.8 Å². The Morgan fingerprint density at radius 3 is 2.34 bits per heavy atom. The number of nitrogens with zero attached hydrogens (tertiary/aromatic N) is 2. The number of anilines is 1. The zero-order chi connectivity index (χ0) is 20.8. The number of hydrogen-bond acceptors (Lipinski definition) is 4. The van der Waals surface area contributed by atoms with Gasteiger partial charge in [-0.05, 0) is 49.2 Å². The number of hydrogen-bond donors (Lipinski definition) is 1. The van der Waals surface area contributed by atoms with Crippen molar-refractivity contribution in [2.75, 3.05) is 19.0 Å². The first-order valence-electron chi connectivity index (χ1n) is 9.24. The van der Waals surface area contributed by atoms with E-state index in [0.29, 0.717) is 29.4 Å². The van der Waals surface area contributed by atoms with Crippen LogP contribution in [0.25, 0.3) is 0 Å². The summed E-state index contributed by atoms with van der Waals surface area (Å²) in [4.78, 5) is 12.5. The summed E-state index contributed by atoms with van der Waals surface area (Å²) in [6.45, 7) is 4.23. The van der Waals surface area contributed by atoms with Crippen molar-refractivity contribution in [1.29, 1.82) is 5.26 Å². The smallest absolute Gasteiger partial charge is 0.263 e. The van der Waals surface area contributed by atoms with E-state index < -0.39 is 0 Å². The Morgan fingerprint density at radius 1 is 1.07 bits per heavy atom. The first-order valence-corrected chi connectivity index (χ1v) is 9.24. The Bertz CT molecular complexity index is 1030. The van der Waals surface area contributed by atoms with Crippen LogP contribution in [0, 0.1) is 25.2 Å². The second kappa shape index (κ2) is 8.98. The summed E-state index contributed by atoms with van der Waals surface area (Å²) in [5, 5.41) is 12.5. The van der Waals surface area contributed by atoms with E-state index in [4.69, 9.17) is 9.47 Å². The van der Waals surface area contributed by atoms with Crippen LogP contribution in [0.15, 0.2) is 54.6 Å². The van der Waals surface area contributed by atoms with E-state index in [9.17, 15) is 10.1 Å². The lowest BCUT2D eigenvalue weighted by Gasteiger charge is -2.14. The Hall–Kier alpha value is -3.72. The fourth-order valence-corrected chi connectivity index (χ4v) is 3.08. The maximum atomic E-state index is 12.5. The topological polar surface area (TPSA) is 76.3 Å². The molecular formula is C23H23N3O3. The van der Waals surface area contributed by atoms with Crippen LogP contribution >= 0.6 is 0 Å². The molecule has 0 spiro atoms. The van der Waals surface area contributed by atoms with E-state index in [1.54, 1.807) is 31.4 Å². The van der Waals surface area contributed by atoms with Gasteiger partial charge in [0.15, 0.2) is 6.61 Å². The summed E-state index contributed by atoms with van der Waals surface area (Å²) in [6, 6.07) is 19.1. The third kappa shape index (κ3) is 4.58. The van der Waals surface area contributed by atoms with Crippen molar-refractivity contribution in [3.63, 3.8) is 0 Å². The van der Waals surface area contributed by atoms with E-state index in [1.165, 1.54) is 0 Å². The van der Waals surface area contributed by atoms with Gasteiger partial charge in [-0.3, -0.25) is 4.79 Å². The molecule has 0 radical (unpaired) electrons. The molecule has 29 heavy (non-hydrogen) atoms. The number of benzene rings is 2. The molecule has 6 heteroatoms. The van der Waals surface area contributed by atoms with Gasteiger partial charge in [0.25, 0.3) is 5.91 Å². The molecule has 0 atom stereocenters. The second-order valence-electron chi connectivity index (χ2n) is 6.63. The maximum Gasteiger partial charge on any atom is 0.263 e. The molecule has 6 nitrogen and oxygen atoms in total. The molecule has 0 aliphatic carbocycles. The molecule has 1 aromatic heterocycles. The van der Waals surface area contributed by atoms with E-state index in [0.717, 1.165) is 16.8 Å². The largest absolute Gasteiger partial charge is 0.497 e. The molecule has 0 saturated heterocycles. The molecule has 0 aliphatic rings. The average Bonchev–Trinajstić information content (AvgIpc) is 2.97. The minimum Gasteiger partial charge on any atom is -0.497 e. The highest BCUT2D eigenvalue weighted by Gasteiger charge is 2.20. The average molecular weight is 389 g/mol. The van der Waals surface area contributed by atoms with Crippen LogP contribution in [0.4, 0.5) is 5.82 Å². The minimum atomic E-state index is -0.330. The number of carbonyl (C=O) groups excluding carboxylic acids is 1. The molecule has 0 unspecified atom stereocenters. The van der Waals surface area contributed by atoms with Gasteiger partial charge < -0.3 is 19.4 Å². The first kappa shape index (κ1) is 20.0. The summed E-state index contributed by atoms with van der Waals surface area (Å²) in [5.74, 6) is 1.44. The molecule has 0 bridgehead atoms. The van der Waals surface area contributed by atoms with Crippen LogP contribution in [0.3, 0.4) is 0 Å². The van der Waals surface area contributed by atoms with E-state index in [2.05, 4.69) is 11.4 Å². The highest BCUT2D eigenvalue weighted by molar-refractivity contribution is 5.93. The molecule has 1 N–H and O–H groups in total. The van der Waals surface area contributed by atoms with Gasteiger partial charge in [-0.25, -0.2) is 0 Å². The number of nitrogens with one attached hydrogen (secondary N) is 1.